The van der Waals surface area contributed by atoms with Gasteiger partial charge in [-0.3, -0.25) is 9.78 Å². The van der Waals surface area contributed by atoms with Crippen LogP contribution < -0.4 is 10.6 Å². The molecule has 2 aromatic carbocycles. The van der Waals surface area contributed by atoms with Gasteiger partial charge in [0.05, 0.1) is 47.6 Å². The second kappa shape index (κ2) is 11.2. The first-order valence-electron chi connectivity index (χ1n) is 12.5. The molecule has 1 amide bonds. The summed E-state index contributed by atoms with van der Waals surface area (Å²) in [4.78, 5) is 16.9. The Kier molecular flexibility index (Phi) is 7.74. The summed E-state index contributed by atoms with van der Waals surface area (Å²) in [5, 5.41) is 6.72. The van der Waals surface area contributed by atoms with Crippen molar-refractivity contribution >= 4 is 17.5 Å². The van der Waals surface area contributed by atoms with E-state index in [1.807, 2.05) is 6.92 Å². The Labute approximate surface area is 228 Å². The van der Waals surface area contributed by atoms with Crippen LogP contribution >= 0.6 is 11.6 Å². The van der Waals surface area contributed by atoms with Crippen molar-refractivity contribution in [1.29, 1.82) is 0 Å². The molecule has 0 aliphatic carbocycles. The van der Waals surface area contributed by atoms with E-state index in [2.05, 4.69) is 15.6 Å². The van der Waals surface area contributed by atoms with Crippen molar-refractivity contribution in [2.24, 2.45) is 0 Å². The summed E-state index contributed by atoms with van der Waals surface area (Å²) in [7, 11) is 0. The van der Waals surface area contributed by atoms with Crippen LogP contribution in [0.1, 0.15) is 22.8 Å². The molecule has 10 heteroatoms. The molecule has 0 radical (unpaired) electrons. The number of carbonyl (C=O) groups is 1. The number of alkyl halides is 3. The van der Waals surface area contributed by atoms with Gasteiger partial charge in [-0.2, -0.15) is 13.2 Å². The smallest absolute Gasteiger partial charge is 0.373 e. The van der Waals surface area contributed by atoms with E-state index in [1.54, 1.807) is 60.7 Å². The van der Waals surface area contributed by atoms with Gasteiger partial charge in [0.1, 0.15) is 0 Å². The van der Waals surface area contributed by atoms with Crippen molar-refractivity contribution in [1.82, 2.24) is 20.2 Å². The van der Waals surface area contributed by atoms with E-state index >= 15 is 0 Å². The predicted octanol–water partition coefficient (Wildman–Crippen LogP) is 5.99. The second-order valence-corrected chi connectivity index (χ2v) is 9.73. The van der Waals surface area contributed by atoms with E-state index in [4.69, 9.17) is 16.3 Å². The Morgan fingerprint density at radius 1 is 1.05 bits per heavy atom. The van der Waals surface area contributed by atoms with Gasteiger partial charge in [0.15, 0.2) is 0 Å². The van der Waals surface area contributed by atoms with Crippen LogP contribution in [0.5, 0.6) is 0 Å². The fraction of sp³-hybridized carbons (Fsp3) is 0.241. The summed E-state index contributed by atoms with van der Waals surface area (Å²) >= 11 is 6.05. The van der Waals surface area contributed by atoms with E-state index in [0.29, 0.717) is 46.3 Å². The predicted molar refractivity (Wildman–Crippen MR) is 144 cm³/mol. The fourth-order valence-corrected chi connectivity index (χ4v) is 4.78. The van der Waals surface area contributed by atoms with Crippen molar-refractivity contribution in [2.75, 3.05) is 19.7 Å². The molecule has 39 heavy (non-hydrogen) atoms. The molecule has 0 saturated carbocycles. The Morgan fingerprint density at radius 3 is 2.28 bits per heavy atom. The standard InChI is InChI=1S/C29H26ClF3N4O2/c1-18(27-17-35-14-15-39-27)36-28(38)21-4-2-19(3-5-21)24-10-11-25(20-6-8-22(30)9-7-20)37(24)26-16-34-13-12-23(26)29(31,32)33/h2-13,16,18,27,35H,14-15,17H2,1H3,(H,36,38). The minimum atomic E-state index is -4.59. The molecule has 0 bridgehead atoms. The molecule has 2 atom stereocenters. The molecule has 2 unspecified atom stereocenters. The van der Waals surface area contributed by atoms with Gasteiger partial charge in [0.2, 0.25) is 0 Å². The van der Waals surface area contributed by atoms with Crippen LogP contribution in [0, 0.1) is 0 Å². The molecule has 1 aliphatic heterocycles. The molecule has 202 valence electrons. The third-order valence-corrected chi connectivity index (χ3v) is 6.93. The number of nitrogens with zero attached hydrogens (tertiary/aromatic N) is 2. The third-order valence-electron chi connectivity index (χ3n) is 6.68. The fourth-order valence-electron chi connectivity index (χ4n) is 4.65. The molecule has 2 aromatic heterocycles. The maximum atomic E-state index is 14.0. The maximum Gasteiger partial charge on any atom is 0.418 e. The summed E-state index contributed by atoms with van der Waals surface area (Å²) in [6, 6.07) is 17.9. The van der Waals surface area contributed by atoms with Gasteiger partial charge in [-0.05, 0) is 60.5 Å². The van der Waals surface area contributed by atoms with E-state index in [1.165, 1.54) is 10.8 Å². The Hall–Kier alpha value is -3.66. The summed E-state index contributed by atoms with van der Waals surface area (Å²) in [6.45, 7) is 3.91. The number of morpholine rings is 1. The van der Waals surface area contributed by atoms with Crippen molar-refractivity contribution in [3.8, 4) is 28.2 Å². The van der Waals surface area contributed by atoms with Crippen LogP contribution in [0.15, 0.2) is 79.1 Å². The number of halogens is 4. The highest BCUT2D eigenvalue weighted by Crippen LogP contribution is 2.39. The van der Waals surface area contributed by atoms with Gasteiger partial charge in [0.25, 0.3) is 5.91 Å². The number of aromatic nitrogens is 2. The lowest BCUT2D eigenvalue weighted by Gasteiger charge is -2.29. The SMILES string of the molecule is CC(NC(=O)c1ccc(-c2ccc(-c3ccc(Cl)cc3)n2-c2cnccc2C(F)(F)F)cc1)C1CNCCO1. The van der Waals surface area contributed by atoms with Crippen LogP contribution in [-0.2, 0) is 10.9 Å². The van der Waals surface area contributed by atoms with Crippen LogP contribution in [0.3, 0.4) is 0 Å². The van der Waals surface area contributed by atoms with Crippen molar-refractivity contribution in [2.45, 2.75) is 25.2 Å². The zero-order valence-corrected chi connectivity index (χ0v) is 21.8. The lowest BCUT2D eigenvalue weighted by atomic mass is 10.1. The molecule has 1 aliphatic rings. The van der Waals surface area contributed by atoms with Gasteiger partial charge in [0, 0.05) is 29.9 Å². The number of pyridine rings is 1. The van der Waals surface area contributed by atoms with Crippen LogP contribution in [0.25, 0.3) is 28.2 Å². The highest BCUT2D eigenvalue weighted by atomic mass is 35.5. The van der Waals surface area contributed by atoms with Crippen LogP contribution in [0.2, 0.25) is 5.02 Å². The minimum absolute atomic E-state index is 0.105. The molecular weight excluding hydrogens is 529 g/mol. The Balaban J connectivity index is 1.51. The van der Waals surface area contributed by atoms with Crippen LogP contribution in [-0.4, -0.2) is 47.3 Å². The van der Waals surface area contributed by atoms with E-state index in [0.717, 1.165) is 18.8 Å². The Morgan fingerprint density at radius 2 is 1.69 bits per heavy atom. The largest absolute Gasteiger partial charge is 0.418 e. The summed E-state index contributed by atoms with van der Waals surface area (Å²) < 4.78 is 49.3. The zero-order chi connectivity index (χ0) is 27.6. The van der Waals surface area contributed by atoms with Gasteiger partial charge < -0.3 is 19.9 Å². The maximum absolute atomic E-state index is 14.0. The van der Waals surface area contributed by atoms with Gasteiger partial charge in [-0.25, -0.2) is 0 Å². The second-order valence-electron chi connectivity index (χ2n) is 9.29. The van der Waals surface area contributed by atoms with Gasteiger partial charge >= 0.3 is 6.18 Å². The average Bonchev–Trinajstić information content (AvgIpc) is 3.38. The first-order valence-corrected chi connectivity index (χ1v) is 12.8. The molecule has 4 aromatic rings. The normalized spacial score (nSPS) is 16.6. The molecule has 6 nitrogen and oxygen atoms in total. The van der Waals surface area contributed by atoms with Crippen molar-refractivity contribution < 1.29 is 22.7 Å². The minimum Gasteiger partial charge on any atom is -0.373 e. The number of amides is 1. The van der Waals surface area contributed by atoms with E-state index < -0.39 is 11.7 Å². The van der Waals surface area contributed by atoms with Gasteiger partial charge in [-0.1, -0.05) is 35.9 Å². The van der Waals surface area contributed by atoms with Crippen LogP contribution in [0.4, 0.5) is 13.2 Å². The quantitative estimate of drug-likeness (QED) is 0.307. The molecule has 1 fully saturated rings. The zero-order valence-electron chi connectivity index (χ0n) is 21.0. The first kappa shape index (κ1) is 26.9. The van der Waals surface area contributed by atoms with E-state index in [9.17, 15) is 18.0 Å². The molecular formula is C29H26ClF3N4O2. The van der Waals surface area contributed by atoms with Crippen molar-refractivity contribution in [3.05, 3.63) is 95.3 Å². The number of nitrogens with one attached hydrogen (secondary N) is 2. The Bertz CT molecular complexity index is 1450. The molecule has 5 rings (SSSR count). The lowest BCUT2D eigenvalue weighted by molar-refractivity contribution is -0.137. The summed E-state index contributed by atoms with van der Waals surface area (Å²) in [5.74, 6) is -0.257. The molecule has 3 heterocycles. The number of ether oxygens (including phenoxy) is 1. The number of hydrogen-bond acceptors (Lipinski definition) is 4. The van der Waals surface area contributed by atoms with E-state index in [-0.39, 0.29) is 23.7 Å². The molecule has 2 N–H and O–H groups in total. The molecule has 0 spiro atoms. The summed E-state index contributed by atoms with van der Waals surface area (Å²) in [5.41, 5.74) is 1.89. The monoisotopic (exact) mass is 554 g/mol. The number of rotatable bonds is 6. The van der Waals surface area contributed by atoms with Crippen molar-refractivity contribution in [3.63, 3.8) is 0 Å². The average molecular weight is 555 g/mol. The topological polar surface area (TPSA) is 68.2 Å². The summed E-state index contributed by atoms with van der Waals surface area (Å²) in [6.07, 6.45) is -2.39. The molecule has 1 saturated heterocycles. The van der Waals surface area contributed by atoms with Gasteiger partial charge in [-0.15, -0.1) is 0 Å². The lowest BCUT2D eigenvalue weighted by Crippen LogP contribution is -2.50. The highest BCUT2D eigenvalue weighted by molar-refractivity contribution is 6.30. The number of benzene rings is 2. The highest BCUT2D eigenvalue weighted by Gasteiger charge is 2.35. The number of carbonyl (C=O) groups excluding carboxylic acids is 1. The first-order chi connectivity index (χ1) is 18.7. The number of hydrogen-bond donors (Lipinski definition) is 2. The third kappa shape index (κ3) is 5.85.